The average molecular weight is 391 g/mol. The molecule has 0 spiro atoms. The van der Waals surface area contributed by atoms with E-state index in [0.29, 0.717) is 11.3 Å². The van der Waals surface area contributed by atoms with Gasteiger partial charge in [0.25, 0.3) is 11.7 Å². The lowest BCUT2D eigenvalue weighted by Crippen LogP contribution is -2.29. The molecule has 0 radical (unpaired) electrons. The predicted molar refractivity (Wildman–Crippen MR) is 104 cm³/mol. The second-order valence-electron chi connectivity index (χ2n) is 6.56. The van der Waals surface area contributed by atoms with Crippen LogP contribution in [0.25, 0.3) is 5.76 Å². The summed E-state index contributed by atoms with van der Waals surface area (Å²) in [6.07, 6.45) is 0. The van der Waals surface area contributed by atoms with Crippen LogP contribution >= 0.6 is 0 Å². The van der Waals surface area contributed by atoms with Crippen molar-refractivity contribution >= 4 is 23.1 Å². The zero-order valence-corrected chi connectivity index (χ0v) is 15.0. The Labute approximate surface area is 165 Å². The molecule has 0 unspecified atom stereocenters. The first kappa shape index (κ1) is 18.6. The first-order chi connectivity index (χ1) is 14.0. The number of hydrogen-bond acceptors (Lipinski definition) is 3. The molecule has 1 aliphatic heterocycles. The van der Waals surface area contributed by atoms with Gasteiger partial charge in [0.2, 0.25) is 0 Å². The largest absolute Gasteiger partial charge is 0.507 e. The molecule has 29 heavy (non-hydrogen) atoms. The van der Waals surface area contributed by atoms with Crippen LogP contribution in [0.4, 0.5) is 14.5 Å². The molecule has 0 saturated carbocycles. The van der Waals surface area contributed by atoms with Gasteiger partial charge in [0.1, 0.15) is 17.4 Å². The van der Waals surface area contributed by atoms with Gasteiger partial charge < -0.3 is 5.11 Å². The quantitative estimate of drug-likeness (QED) is 0.404. The Hall–Kier alpha value is -3.80. The topological polar surface area (TPSA) is 57.6 Å². The third-order valence-electron chi connectivity index (χ3n) is 4.78. The van der Waals surface area contributed by atoms with Gasteiger partial charge in [-0.1, -0.05) is 30.3 Å². The molecule has 0 bridgehead atoms. The number of ketones is 1. The van der Waals surface area contributed by atoms with Crippen LogP contribution < -0.4 is 4.90 Å². The number of nitrogens with zero attached hydrogens (tertiary/aromatic N) is 1. The van der Waals surface area contributed by atoms with E-state index >= 15 is 0 Å². The maximum atomic E-state index is 13.5. The van der Waals surface area contributed by atoms with E-state index in [1.54, 1.807) is 30.3 Å². The van der Waals surface area contributed by atoms with E-state index in [2.05, 4.69) is 0 Å². The third-order valence-corrected chi connectivity index (χ3v) is 4.78. The molecule has 1 amide bonds. The molecular formula is C23H15F2NO3. The lowest BCUT2D eigenvalue weighted by molar-refractivity contribution is -0.132. The number of hydrogen-bond donors (Lipinski definition) is 1. The number of rotatable bonds is 3. The van der Waals surface area contributed by atoms with Crippen molar-refractivity contribution in [3.05, 3.63) is 107 Å². The van der Waals surface area contributed by atoms with E-state index in [-0.39, 0.29) is 11.1 Å². The van der Waals surface area contributed by atoms with Crippen LogP contribution in [-0.2, 0) is 9.59 Å². The molecule has 3 aromatic carbocycles. The van der Waals surface area contributed by atoms with Gasteiger partial charge in [-0.05, 0) is 54.1 Å². The lowest BCUT2D eigenvalue weighted by atomic mass is 9.95. The molecule has 1 fully saturated rings. The predicted octanol–water partition coefficient (Wildman–Crippen LogP) is 4.59. The first-order valence-electron chi connectivity index (χ1n) is 8.85. The zero-order valence-electron chi connectivity index (χ0n) is 15.0. The van der Waals surface area contributed by atoms with Crippen LogP contribution in [0.3, 0.4) is 0 Å². The standard InChI is InChI=1S/C23H15F2NO3/c24-16-10-6-14(7-11-16)20-19(21(27)15-8-12-17(25)13-9-15)22(28)23(29)26(20)18-4-2-1-3-5-18/h1-13,20,27H/b21-19+/t20-/m1/s1. The van der Waals surface area contributed by atoms with Crippen LogP contribution in [0.2, 0.25) is 0 Å². The Morgan fingerprint density at radius 2 is 1.34 bits per heavy atom. The Bertz CT molecular complexity index is 1110. The molecular weight excluding hydrogens is 376 g/mol. The monoisotopic (exact) mass is 391 g/mol. The number of anilines is 1. The molecule has 144 valence electrons. The van der Waals surface area contributed by atoms with Crippen molar-refractivity contribution < 1.29 is 23.5 Å². The minimum atomic E-state index is -0.956. The number of benzene rings is 3. The van der Waals surface area contributed by atoms with Crippen molar-refractivity contribution in [3.8, 4) is 0 Å². The molecule has 0 aliphatic carbocycles. The maximum absolute atomic E-state index is 13.5. The normalized spacial score (nSPS) is 18.3. The van der Waals surface area contributed by atoms with Crippen LogP contribution in [0, 0.1) is 11.6 Å². The number of Topliss-reactive ketones (excluding diaryl/α,β-unsaturated/α-hetero) is 1. The van der Waals surface area contributed by atoms with Crippen molar-refractivity contribution in [2.24, 2.45) is 0 Å². The number of para-hydroxylation sites is 1. The van der Waals surface area contributed by atoms with Crippen molar-refractivity contribution in [2.45, 2.75) is 6.04 Å². The van der Waals surface area contributed by atoms with Gasteiger partial charge in [-0.15, -0.1) is 0 Å². The fraction of sp³-hybridized carbons (Fsp3) is 0.0435. The molecule has 4 rings (SSSR count). The van der Waals surface area contributed by atoms with Crippen molar-refractivity contribution in [3.63, 3.8) is 0 Å². The van der Waals surface area contributed by atoms with Gasteiger partial charge in [0, 0.05) is 11.3 Å². The second kappa shape index (κ2) is 7.31. The molecule has 1 N–H and O–H groups in total. The highest BCUT2D eigenvalue weighted by Gasteiger charge is 2.46. The van der Waals surface area contributed by atoms with Gasteiger partial charge in [0.05, 0.1) is 11.6 Å². The number of carbonyl (C=O) groups is 2. The van der Waals surface area contributed by atoms with Crippen LogP contribution in [0.1, 0.15) is 17.2 Å². The molecule has 1 aliphatic rings. The van der Waals surface area contributed by atoms with Gasteiger partial charge in [-0.25, -0.2) is 8.78 Å². The summed E-state index contributed by atoms with van der Waals surface area (Å²) in [5, 5.41) is 10.8. The van der Waals surface area contributed by atoms with E-state index in [9.17, 15) is 23.5 Å². The van der Waals surface area contributed by atoms with Gasteiger partial charge >= 0.3 is 0 Å². The molecule has 4 nitrogen and oxygen atoms in total. The number of carbonyl (C=O) groups excluding carboxylic acids is 2. The lowest BCUT2D eigenvalue weighted by Gasteiger charge is -2.25. The van der Waals surface area contributed by atoms with Gasteiger partial charge in [-0.3, -0.25) is 14.5 Å². The van der Waals surface area contributed by atoms with Crippen molar-refractivity contribution in [1.82, 2.24) is 0 Å². The van der Waals surface area contributed by atoms with Gasteiger partial charge in [-0.2, -0.15) is 0 Å². The van der Waals surface area contributed by atoms with Crippen LogP contribution in [0.5, 0.6) is 0 Å². The minimum Gasteiger partial charge on any atom is -0.507 e. The Morgan fingerprint density at radius 1 is 0.793 bits per heavy atom. The highest BCUT2D eigenvalue weighted by Crippen LogP contribution is 2.42. The summed E-state index contributed by atoms with van der Waals surface area (Å²) in [5.41, 5.74) is 0.974. The molecule has 1 saturated heterocycles. The minimum absolute atomic E-state index is 0.142. The summed E-state index contributed by atoms with van der Waals surface area (Å²) >= 11 is 0. The molecule has 3 aromatic rings. The summed E-state index contributed by atoms with van der Waals surface area (Å²) in [6.45, 7) is 0. The molecule has 6 heteroatoms. The number of halogens is 2. The number of aliphatic hydroxyl groups is 1. The van der Waals surface area contributed by atoms with E-state index in [0.717, 1.165) is 12.1 Å². The highest BCUT2D eigenvalue weighted by atomic mass is 19.1. The van der Waals surface area contributed by atoms with E-state index < -0.39 is 35.1 Å². The Kier molecular flexibility index (Phi) is 4.68. The van der Waals surface area contributed by atoms with Crippen LogP contribution in [-0.4, -0.2) is 16.8 Å². The number of aliphatic hydroxyl groups excluding tert-OH is 1. The van der Waals surface area contributed by atoms with Crippen LogP contribution in [0.15, 0.2) is 84.4 Å². The fourth-order valence-electron chi connectivity index (χ4n) is 3.41. The average Bonchev–Trinajstić information content (AvgIpc) is 3.00. The second-order valence-corrected chi connectivity index (χ2v) is 6.56. The first-order valence-corrected chi connectivity index (χ1v) is 8.85. The molecule has 0 aromatic heterocycles. The summed E-state index contributed by atoms with van der Waals surface area (Å²) in [4.78, 5) is 27.0. The van der Waals surface area contributed by atoms with E-state index in [1.807, 2.05) is 0 Å². The summed E-state index contributed by atoms with van der Waals surface area (Å²) < 4.78 is 26.7. The molecule has 1 heterocycles. The van der Waals surface area contributed by atoms with Gasteiger partial charge in [0.15, 0.2) is 0 Å². The summed E-state index contributed by atoms with van der Waals surface area (Å²) in [5.74, 6) is -3.07. The van der Waals surface area contributed by atoms with E-state index in [4.69, 9.17) is 0 Å². The highest BCUT2D eigenvalue weighted by molar-refractivity contribution is 6.51. The SMILES string of the molecule is O=C1C(=O)N(c2ccccc2)[C@H](c2ccc(F)cc2)/C1=C(\O)c1ccc(F)cc1. The van der Waals surface area contributed by atoms with Crippen molar-refractivity contribution in [1.29, 1.82) is 0 Å². The summed E-state index contributed by atoms with van der Waals surface area (Å²) in [6, 6.07) is 17.9. The maximum Gasteiger partial charge on any atom is 0.300 e. The van der Waals surface area contributed by atoms with E-state index in [1.165, 1.54) is 41.3 Å². The number of amides is 1. The third kappa shape index (κ3) is 3.29. The van der Waals surface area contributed by atoms with Crippen molar-refractivity contribution in [2.75, 3.05) is 4.90 Å². The summed E-state index contributed by atoms with van der Waals surface area (Å²) in [7, 11) is 0. The zero-order chi connectivity index (χ0) is 20.5. The molecule has 1 atom stereocenters. The fourth-order valence-corrected chi connectivity index (χ4v) is 3.41. The Morgan fingerprint density at radius 3 is 1.93 bits per heavy atom. The Balaban J connectivity index is 1.94. The smallest absolute Gasteiger partial charge is 0.300 e.